The molecule has 13 heavy (non-hydrogen) atoms. The lowest BCUT2D eigenvalue weighted by atomic mass is 10.2. The van der Waals surface area contributed by atoms with E-state index in [0.29, 0.717) is 6.54 Å². The highest BCUT2D eigenvalue weighted by atomic mass is 16.1. The molecule has 0 heterocycles. The van der Waals surface area contributed by atoms with E-state index in [1.807, 2.05) is 13.8 Å². The Balaban J connectivity index is 0. The van der Waals surface area contributed by atoms with E-state index in [9.17, 15) is 4.79 Å². The fraction of sp³-hybridized carbons (Fsp3) is 0.400. The Bertz CT molecular complexity index is 195. The average molecular weight is 182 g/mol. The van der Waals surface area contributed by atoms with Gasteiger partial charge in [0.25, 0.3) is 0 Å². The molecule has 0 unspecified atom stereocenters. The average Bonchev–Trinajstić information content (AvgIpc) is 2.15. The van der Waals surface area contributed by atoms with E-state index < -0.39 is 0 Å². The summed E-state index contributed by atoms with van der Waals surface area (Å²) in [5, 5.41) is 9.36. The standard InChI is InChI=1S/C8H12N2O.C2H6/c1-3-8(4-5-9)6-10-7(2)11;1-2/h3-5,9H,1,6H2,2H3,(H,10,11);1-2H3/b8-4+,9-5?;. The highest BCUT2D eigenvalue weighted by molar-refractivity contribution is 5.74. The molecule has 0 aliphatic carbocycles. The summed E-state index contributed by atoms with van der Waals surface area (Å²) in [4.78, 5) is 10.4. The molecule has 0 aliphatic heterocycles. The van der Waals surface area contributed by atoms with Crippen LogP contribution in [0, 0.1) is 5.41 Å². The quantitative estimate of drug-likeness (QED) is 0.506. The van der Waals surface area contributed by atoms with Crippen LogP contribution < -0.4 is 5.32 Å². The molecule has 0 radical (unpaired) electrons. The minimum absolute atomic E-state index is 0.0808. The number of rotatable bonds is 4. The fourth-order valence-corrected chi connectivity index (χ4v) is 0.533. The van der Waals surface area contributed by atoms with E-state index in [1.54, 1.807) is 12.2 Å². The minimum Gasteiger partial charge on any atom is -0.352 e. The first-order valence-electron chi connectivity index (χ1n) is 4.27. The fourth-order valence-electron chi connectivity index (χ4n) is 0.533. The summed E-state index contributed by atoms with van der Waals surface area (Å²) in [6, 6.07) is 0. The zero-order valence-electron chi connectivity index (χ0n) is 8.55. The van der Waals surface area contributed by atoms with Crippen LogP contribution in [-0.2, 0) is 4.79 Å². The highest BCUT2D eigenvalue weighted by Crippen LogP contribution is 1.90. The van der Waals surface area contributed by atoms with Gasteiger partial charge in [0.1, 0.15) is 0 Å². The molecule has 0 spiro atoms. The second kappa shape index (κ2) is 10.6. The maximum absolute atomic E-state index is 10.4. The van der Waals surface area contributed by atoms with Crippen LogP contribution in [-0.4, -0.2) is 18.7 Å². The smallest absolute Gasteiger partial charge is 0.217 e. The third-order valence-corrected chi connectivity index (χ3v) is 1.10. The molecule has 0 saturated heterocycles. The number of carbonyl (C=O) groups is 1. The molecule has 3 heteroatoms. The lowest BCUT2D eigenvalue weighted by Gasteiger charge is -2.00. The van der Waals surface area contributed by atoms with Crippen molar-refractivity contribution in [1.82, 2.24) is 5.32 Å². The molecule has 74 valence electrons. The predicted octanol–water partition coefficient (Wildman–Crippen LogP) is 1.91. The Morgan fingerprint density at radius 2 is 2.08 bits per heavy atom. The second-order valence-corrected chi connectivity index (χ2v) is 2.02. The number of allylic oxidation sites excluding steroid dienone is 1. The van der Waals surface area contributed by atoms with Gasteiger partial charge in [-0.05, 0) is 11.6 Å². The maximum Gasteiger partial charge on any atom is 0.217 e. The lowest BCUT2D eigenvalue weighted by Crippen LogP contribution is -2.21. The van der Waals surface area contributed by atoms with Crippen LogP contribution in [0.2, 0.25) is 0 Å². The first kappa shape index (κ1) is 14.2. The van der Waals surface area contributed by atoms with E-state index in [0.717, 1.165) is 5.57 Å². The Morgan fingerprint density at radius 1 is 1.54 bits per heavy atom. The molecule has 0 aromatic carbocycles. The second-order valence-electron chi connectivity index (χ2n) is 2.02. The molecule has 0 atom stereocenters. The van der Waals surface area contributed by atoms with Gasteiger partial charge in [0, 0.05) is 19.7 Å². The molecule has 0 fully saturated rings. The molecule has 0 saturated carbocycles. The van der Waals surface area contributed by atoms with Crippen LogP contribution in [0.25, 0.3) is 0 Å². The van der Waals surface area contributed by atoms with Crippen molar-refractivity contribution in [2.75, 3.05) is 6.54 Å². The van der Waals surface area contributed by atoms with Crippen molar-refractivity contribution in [3.63, 3.8) is 0 Å². The van der Waals surface area contributed by atoms with Crippen molar-refractivity contribution >= 4 is 12.1 Å². The Hall–Kier alpha value is -1.38. The van der Waals surface area contributed by atoms with Crippen molar-refractivity contribution in [2.45, 2.75) is 20.8 Å². The first-order valence-corrected chi connectivity index (χ1v) is 4.27. The van der Waals surface area contributed by atoms with Gasteiger partial charge < -0.3 is 10.7 Å². The SMILES string of the molecule is C=C/C(=C\C=N)CNC(C)=O.CC. The predicted molar refractivity (Wildman–Crippen MR) is 57.1 cm³/mol. The summed E-state index contributed by atoms with van der Waals surface area (Å²) >= 11 is 0. The molecule has 0 bridgehead atoms. The van der Waals surface area contributed by atoms with Gasteiger partial charge in [0.15, 0.2) is 0 Å². The van der Waals surface area contributed by atoms with Crippen LogP contribution in [0.3, 0.4) is 0 Å². The summed E-state index contributed by atoms with van der Waals surface area (Å²) < 4.78 is 0. The molecule has 0 aliphatic rings. The summed E-state index contributed by atoms with van der Waals surface area (Å²) in [7, 11) is 0. The van der Waals surface area contributed by atoms with Crippen molar-refractivity contribution in [3.05, 3.63) is 24.3 Å². The normalized spacial score (nSPS) is 9.31. The maximum atomic E-state index is 10.4. The monoisotopic (exact) mass is 182 g/mol. The van der Waals surface area contributed by atoms with Crippen molar-refractivity contribution in [2.24, 2.45) is 0 Å². The van der Waals surface area contributed by atoms with E-state index in [2.05, 4.69) is 11.9 Å². The topological polar surface area (TPSA) is 53.0 Å². The van der Waals surface area contributed by atoms with Crippen molar-refractivity contribution < 1.29 is 4.79 Å². The zero-order chi connectivity index (χ0) is 10.7. The largest absolute Gasteiger partial charge is 0.352 e. The van der Waals surface area contributed by atoms with Gasteiger partial charge in [-0.3, -0.25) is 4.79 Å². The Labute approximate surface area is 80.0 Å². The summed E-state index contributed by atoms with van der Waals surface area (Å²) in [5.74, 6) is -0.0808. The highest BCUT2D eigenvalue weighted by Gasteiger charge is 1.91. The molecule has 2 N–H and O–H groups in total. The summed E-state index contributed by atoms with van der Waals surface area (Å²) in [5.41, 5.74) is 0.829. The van der Waals surface area contributed by atoms with Crippen molar-refractivity contribution in [3.8, 4) is 0 Å². The van der Waals surface area contributed by atoms with Gasteiger partial charge in [-0.25, -0.2) is 0 Å². The van der Waals surface area contributed by atoms with Gasteiger partial charge in [0.2, 0.25) is 5.91 Å². The van der Waals surface area contributed by atoms with Gasteiger partial charge in [-0.15, -0.1) is 0 Å². The lowest BCUT2D eigenvalue weighted by molar-refractivity contribution is -0.118. The van der Waals surface area contributed by atoms with E-state index in [1.165, 1.54) is 13.1 Å². The molecule has 0 rings (SSSR count). The molecular weight excluding hydrogens is 164 g/mol. The third kappa shape index (κ3) is 10.6. The number of hydrogen-bond donors (Lipinski definition) is 2. The molecule has 0 aromatic heterocycles. The molecular formula is C10H18N2O. The summed E-state index contributed by atoms with van der Waals surface area (Å²) in [6.07, 6.45) is 4.36. The van der Waals surface area contributed by atoms with Gasteiger partial charge in [-0.1, -0.05) is 26.5 Å². The van der Waals surface area contributed by atoms with Gasteiger partial charge in [-0.2, -0.15) is 0 Å². The Morgan fingerprint density at radius 3 is 2.38 bits per heavy atom. The number of nitrogens with one attached hydrogen (secondary N) is 2. The molecule has 0 aromatic rings. The third-order valence-electron chi connectivity index (χ3n) is 1.10. The van der Waals surface area contributed by atoms with Gasteiger partial charge in [0.05, 0.1) is 0 Å². The van der Waals surface area contributed by atoms with E-state index in [4.69, 9.17) is 5.41 Å². The molecule has 3 nitrogen and oxygen atoms in total. The molecule has 1 amide bonds. The van der Waals surface area contributed by atoms with Crippen LogP contribution in [0.4, 0.5) is 0 Å². The minimum atomic E-state index is -0.0808. The van der Waals surface area contributed by atoms with Crippen LogP contribution in [0.15, 0.2) is 24.3 Å². The van der Waals surface area contributed by atoms with Gasteiger partial charge >= 0.3 is 0 Å². The van der Waals surface area contributed by atoms with E-state index in [-0.39, 0.29) is 5.91 Å². The number of carbonyl (C=O) groups excluding carboxylic acids is 1. The Kier molecular flexibility index (Phi) is 11.6. The van der Waals surface area contributed by atoms with Crippen LogP contribution >= 0.6 is 0 Å². The number of hydrogen-bond acceptors (Lipinski definition) is 2. The summed E-state index contributed by atoms with van der Waals surface area (Å²) in [6.45, 7) is 9.42. The van der Waals surface area contributed by atoms with Crippen molar-refractivity contribution in [1.29, 1.82) is 5.41 Å². The van der Waals surface area contributed by atoms with E-state index >= 15 is 0 Å². The first-order chi connectivity index (χ1) is 6.20. The number of amides is 1. The van der Waals surface area contributed by atoms with Crippen LogP contribution in [0.5, 0.6) is 0 Å². The zero-order valence-corrected chi connectivity index (χ0v) is 8.55. The van der Waals surface area contributed by atoms with Crippen LogP contribution in [0.1, 0.15) is 20.8 Å².